The van der Waals surface area contributed by atoms with Crippen molar-refractivity contribution in [3.8, 4) is 0 Å². The molecule has 0 unspecified atom stereocenters. The van der Waals surface area contributed by atoms with Gasteiger partial charge in [0.05, 0.1) is 0 Å². The van der Waals surface area contributed by atoms with Gasteiger partial charge in [0.1, 0.15) is 0 Å². The Bertz CT molecular complexity index is 223. The van der Waals surface area contributed by atoms with Crippen molar-refractivity contribution in [3.63, 3.8) is 0 Å². The van der Waals surface area contributed by atoms with E-state index in [1.54, 1.807) is 0 Å². The second-order valence-electron chi connectivity index (χ2n) is 4.96. The van der Waals surface area contributed by atoms with E-state index in [4.69, 9.17) is 10.5 Å². The van der Waals surface area contributed by atoms with E-state index in [0.29, 0.717) is 0 Å². The summed E-state index contributed by atoms with van der Waals surface area (Å²) in [7, 11) is 0. The van der Waals surface area contributed by atoms with Gasteiger partial charge in [0.15, 0.2) is 5.96 Å². The lowest BCUT2D eigenvalue weighted by Crippen LogP contribution is -2.38. The Morgan fingerprint density at radius 2 is 1.78 bits per heavy atom. The van der Waals surface area contributed by atoms with Crippen LogP contribution in [-0.2, 0) is 4.74 Å². The van der Waals surface area contributed by atoms with Crippen LogP contribution in [0.25, 0.3) is 0 Å². The highest BCUT2D eigenvalue weighted by molar-refractivity contribution is 5.78. The third kappa shape index (κ3) is 6.84. The van der Waals surface area contributed by atoms with Gasteiger partial charge in [-0.1, -0.05) is 26.2 Å². The Labute approximate surface area is 112 Å². The number of nitrogens with two attached hydrogens (primary N) is 1. The van der Waals surface area contributed by atoms with Crippen molar-refractivity contribution >= 4 is 5.96 Å². The highest BCUT2D eigenvalue weighted by Crippen LogP contribution is 2.09. The quantitative estimate of drug-likeness (QED) is 0.432. The first-order valence-electron chi connectivity index (χ1n) is 7.47. The summed E-state index contributed by atoms with van der Waals surface area (Å²) in [4.78, 5) is 6.67. The van der Waals surface area contributed by atoms with Crippen LogP contribution in [0.15, 0.2) is 4.99 Å². The summed E-state index contributed by atoms with van der Waals surface area (Å²) in [5.41, 5.74) is 6.02. The highest BCUT2D eigenvalue weighted by Gasteiger charge is 2.10. The molecular weight excluding hydrogens is 226 g/mol. The molecule has 1 fully saturated rings. The van der Waals surface area contributed by atoms with Crippen molar-refractivity contribution in [1.29, 1.82) is 0 Å². The molecule has 0 radical (unpaired) electrons. The molecule has 0 aromatic carbocycles. The molecule has 4 heteroatoms. The molecule has 0 bridgehead atoms. The maximum atomic E-state index is 6.02. The molecule has 0 aromatic heterocycles. The molecule has 0 aliphatic carbocycles. The first-order chi connectivity index (χ1) is 8.84. The lowest BCUT2D eigenvalue weighted by molar-refractivity contribution is 0.130. The average Bonchev–Trinajstić information content (AvgIpc) is 2.66. The van der Waals surface area contributed by atoms with Crippen molar-refractivity contribution in [2.45, 2.75) is 51.9 Å². The van der Waals surface area contributed by atoms with E-state index in [2.05, 4.69) is 16.8 Å². The van der Waals surface area contributed by atoms with Crippen molar-refractivity contribution in [2.24, 2.45) is 10.7 Å². The molecule has 0 saturated carbocycles. The van der Waals surface area contributed by atoms with E-state index in [9.17, 15) is 0 Å². The normalized spacial score (nSPS) is 17.8. The van der Waals surface area contributed by atoms with Crippen LogP contribution in [0.2, 0.25) is 0 Å². The number of hydrogen-bond donors (Lipinski definition) is 1. The van der Waals surface area contributed by atoms with Gasteiger partial charge in [0, 0.05) is 32.8 Å². The number of guanidine groups is 1. The van der Waals surface area contributed by atoms with Crippen LogP contribution < -0.4 is 5.73 Å². The lowest BCUT2D eigenvalue weighted by Gasteiger charge is -2.21. The predicted molar refractivity (Wildman–Crippen MR) is 76.9 cm³/mol. The maximum absolute atomic E-state index is 6.02. The van der Waals surface area contributed by atoms with Gasteiger partial charge in [-0.2, -0.15) is 0 Å². The van der Waals surface area contributed by atoms with Gasteiger partial charge in [-0.15, -0.1) is 0 Å². The number of rotatable bonds is 7. The van der Waals surface area contributed by atoms with Crippen LogP contribution in [0.4, 0.5) is 0 Å². The van der Waals surface area contributed by atoms with Crippen molar-refractivity contribution < 1.29 is 4.74 Å². The van der Waals surface area contributed by atoms with Crippen molar-refractivity contribution in [1.82, 2.24) is 4.90 Å². The smallest absolute Gasteiger partial charge is 0.191 e. The molecule has 1 heterocycles. The Balaban J connectivity index is 2.08. The number of nitrogens with zero attached hydrogens (tertiary/aromatic N) is 2. The second kappa shape index (κ2) is 10.2. The maximum Gasteiger partial charge on any atom is 0.191 e. The fourth-order valence-electron chi connectivity index (χ4n) is 2.11. The van der Waals surface area contributed by atoms with Crippen LogP contribution in [0.1, 0.15) is 51.9 Å². The monoisotopic (exact) mass is 255 g/mol. The molecule has 0 aromatic rings. The zero-order chi connectivity index (χ0) is 13.1. The highest BCUT2D eigenvalue weighted by atomic mass is 16.5. The Hall–Kier alpha value is -0.770. The zero-order valence-corrected chi connectivity index (χ0v) is 11.9. The Morgan fingerprint density at radius 3 is 2.44 bits per heavy atom. The SMILES string of the molecule is CCCCOCCCN=C(N)N1CCCCCC1. The van der Waals surface area contributed by atoms with Gasteiger partial charge in [0.2, 0.25) is 0 Å². The Morgan fingerprint density at radius 1 is 1.11 bits per heavy atom. The molecule has 1 saturated heterocycles. The minimum Gasteiger partial charge on any atom is -0.381 e. The largest absolute Gasteiger partial charge is 0.381 e. The van der Waals surface area contributed by atoms with E-state index in [0.717, 1.165) is 51.6 Å². The predicted octanol–water partition coefficient (Wildman–Crippen LogP) is 2.38. The summed E-state index contributed by atoms with van der Waals surface area (Å²) < 4.78 is 5.50. The summed E-state index contributed by atoms with van der Waals surface area (Å²) in [6.45, 7) is 6.78. The molecule has 0 atom stereocenters. The van der Waals surface area contributed by atoms with Gasteiger partial charge in [-0.25, -0.2) is 0 Å². The first kappa shape index (κ1) is 15.3. The molecular formula is C14H29N3O. The van der Waals surface area contributed by atoms with E-state index >= 15 is 0 Å². The topological polar surface area (TPSA) is 50.9 Å². The molecule has 4 nitrogen and oxygen atoms in total. The lowest BCUT2D eigenvalue weighted by atomic mass is 10.2. The number of aliphatic imine (C=N–C) groups is 1. The second-order valence-corrected chi connectivity index (χ2v) is 4.96. The van der Waals surface area contributed by atoms with Crippen LogP contribution in [0.3, 0.4) is 0 Å². The van der Waals surface area contributed by atoms with Crippen LogP contribution in [0.5, 0.6) is 0 Å². The summed E-state index contributed by atoms with van der Waals surface area (Å²) >= 11 is 0. The third-order valence-electron chi connectivity index (χ3n) is 3.29. The number of unbranched alkanes of at least 4 members (excludes halogenated alkanes) is 1. The van der Waals surface area contributed by atoms with E-state index in [-0.39, 0.29) is 0 Å². The zero-order valence-electron chi connectivity index (χ0n) is 11.9. The standard InChI is InChI=1S/C14H29N3O/c1-2-3-12-18-13-8-9-16-14(15)17-10-6-4-5-7-11-17/h2-13H2,1H3,(H2,15,16). The average molecular weight is 255 g/mol. The molecule has 1 rings (SSSR count). The Kier molecular flexibility index (Phi) is 8.65. The van der Waals surface area contributed by atoms with E-state index in [1.165, 1.54) is 32.1 Å². The van der Waals surface area contributed by atoms with Gasteiger partial charge in [0.25, 0.3) is 0 Å². The molecule has 1 aliphatic heterocycles. The molecule has 0 amide bonds. The molecule has 2 N–H and O–H groups in total. The summed E-state index contributed by atoms with van der Waals surface area (Å²) in [6.07, 6.45) is 8.47. The van der Waals surface area contributed by atoms with Gasteiger partial charge < -0.3 is 15.4 Å². The molecule has 1 aliphatic rings. The van der Waals surface area contributed by atoms with E-state index < -0.39 is 0 Å². The minimum absolute atomic E-state index is 0.727. The summed E-state index contributed by atoms with van der Waals surface area (Å²) in [5, 5.41) is 0. The number of likely N-dealkylation sites (tertiary alicyclic amines) is 1. The van der Waals surface area contributed by atoms with Crippen molar-refractivity contribution in [2.75, 3.05) is 32.8 Å². The number of hydrogen-bond acceptors (Lipinski definition) is 2. The van der Waals surface area contributed by atoms with Gasteiger partial charge >= 0.3 is 0 Å². The van der Waals surface area contributed by atoms with Crippen LogP contribution in [-0.4, -0.2) is 43.7 Å². The molecule has 18 heavy (non-hydrogen) atoms. The number of ether oxygens (including phenoxy) is 1. The summed E-state index contributed by atoms with van der Waals surface area (Å²) in [6, 6.07) is 0. The fourth-order valence-corrected chi connectivity index (χ4v) is 2.11. The fraction of sp³-hybridized carbons (Fsp3) is 0.929. The minimum atomic E-state index is 0.727. The van der Waals surface area contributed by atoms with E-state index in [1.807, 2.05) is 0 Å². The van der Waals surface area contributed by atoms with Gasteiger partial charge in [-0.3, -0.25) is 4.99 Å². The molecule has 0 spiro atoms. The molecule has 106 valence electrons. The van der Waals surface area contributed by atoms with Crippen LogP contribution in [0, 0.1) is 0 Å². The first-order valence-corrected chi connectivity index (χ1v) is 7.47. The van der Waals surface area contributed by atoms with Gasteiger partial charge in [-0.05, 0) is 25.7 Å². The summed E-state index contributed by atoms with van der Waals surface area (Å²) in [5.74, 6) is 0.727. The van der Waals surface area contributed by atoms with Crippen molar-refractivity contribution in [3.05, 3.63) is 0 Å². The third-order valence-corrected chi connectivity index (χ3v) is 3.29. The van der Waals surface area contributed by atoms with Crippen LogP contribution >= 0.6 is 0 Å².